The van der Waals surface area contributed by atoms with E-state index in [1.807, 2.05) is 152 Å². The predicted molar refractivity (Wildman–Crippen MR) is 223 cm³/mol. The van der Waals surface area contributed by atoms with Crippen LogP contribution in [-0.2, 0) is 73.8 Å². The van der Waals surface area contributed by atoms with Crippen molar-refractivity contribution in [2.45, 2.75) is 94.1 Å². The molecule has 0 bridgehead atoms. The lowest BCUT2D eigenvalue weighted by atomic mass is 9.94. The molecule has 8 rings (SSSR count). The zero-order chi connectivity index (χ0) is 41.6. The number of hydrogen-bond acceptors (Lipinski definition) is 11. The van der Waals surface area contributed by atoms with Crippen LogP contribution < -0.4 is 0 Å². The third kappa shape index (κ3) is 11.1. The molecule has 11 atom stereocenters. The Bertz CT molecular complexity index is 2080. The van der Waals surface area contributed by atoms with Gasteiger partial charge in [-0.15, -0.1) is 0 Å². The van der Waals surface area contributed by atoms with Gasteiger partial charge in [0.05, 0.1) is 39.6 Å². The van der Waals surface area contributed by atoms with Gasteiger partial charge in [0.2, 0.25) is 0 Å². The molecule has 13 heteroatoms. The van der Waals surface area contributed by atoms with Crippen LogP contribution in [0.3, 0.4) is 0 Å². The maximum atomic E-state index is 10.2. The minimum atomic E-state index is -1.19. The highest BCUT2D eigenvalue weighted by molar-refractivity contribution is 5.18. The normalized spacial score (nSPS) is 28.6. The molecule has 3 aliphatic heterocycles. The Morgan fingerprint density at radius 2 is 1.08 bits per heavy atom. The highest BCUT2D eigenvalue weighted by Crippen LogP contribution is 2.40. The van der Waals surface area contributed by atoms with E-state index in [0.717, 1.165) is 27.8 Å². The van der Waals surface area contributed by atoms with Gasteiger partial charge in [0.15, 0.2) is 18.9 Å². The van der Waals surface area contributed by atoms with E-state index in [9.17, 15) is 5.53 Å². The molecule has 3 fully saturated rings. The fourth-order valence-corrected chi connectivity index (χ4v) is 7.88. The van der Waals surface area contributed by atoms with Crippen LogP contribution in [0, 0.1) is 0 Å². The SMILES string of the molecule is CO[C@H]1O[C@@H]2COC(c3ccccc3)O[C@H]2[C@H](O[C@@H]2O[C@H](COCc3ccccc3)[C@@H](OCc3ccccc3)[C@H](OCc3ccccc3)[C@H]2N=[N+]=[N-])[C@H]1OCc1ccccc1. The summed E-state index contributed by atoms with van der Waals surface area (Å²) in [6.07, 6.45) is -8.19. The first-order valence-electron chi connectivity index (χ1n) is 20.6. The van der Waals surface area contributed by atoms with E-state index in [1.54, 1.807) is 7.11 Å². The van der Waals surface area contributed by atoms with E-state index in [0.29, 0.717) is 6.61 Å². The number of fused-ring (bicyclic) bond motifs is 1. The summed E-state index contributed by atoms with van der Waals surface area (Å²) in [5.41, 5.74) is 14.8. The van der Waals surface area contributed by atoms with Gasteiger partial charge in [0, 0.05) is 17.6 Å². The fraction of sp³-hybridized carbons (Fsp3) is 0.375. The summed E-state index contributed by atoms with van der Waals surface area (Å²) >= 11 is 0. The van der Waals surface area contributed by atoms with Gasteiger partial charge in [-0.25, -0.2) is 0 Å². The molecule has 0 spiro atoms. The summed E-state index contributed by atoms with van der Waals surface area (Å²) in [6, 6.07) is 48.0. The van der Waals surface area contributed by atoms with Crippen LogP contribution >= 0.6 is 0 Å². The molecule has 1 unspecified atom stereocenters. The quantitative estimate of drug-likeness (QED) is 0.0482. The fourth-order valence-electron chi connectivity index (χ4n) is 7.88. The van der Waals surface area contributed by atoms with E-state index in [-0.39, 0.29) is 33.0 Å². The third-order valence-electron chi connectivity index (χ3n) is 10.9. The minimum Gasteiger partial charge on any atom is -0.374 e. The maximum Gasteiger partial charge on any atom is 0.186 e. The molecule has 3 heterocycles. The number of hydrogen-bond donors (Lipinski definition) is 0. The van der Waals surface area contributed by atoms with Crippen molar-refractivity contribution < 1.29 is 47.4 Å². The summed E-state index contributed by atoms with van der Waals surface area (Å²) < 4.78 is 65.9. The van der Waals surface area contributed by atoms with Gasteiger partial charge in [-0.2, -0.15) is 0 Å². The molecule has 3 aliphatic rings. The summed E-state index contributed by atoms with van der Waals surface area (Å²) in [5.74, 6) is 0. The Morgan fingerprint density at radius 1 is 0.574 bits per heavy atom. The largest absolute Gasteiger partial charge is 0.374 e. The van der Waals surface area contributed by atoms with Gasteiger partial charge >= 0.3 is 0 Å². The summed E-state index contributed by atoms with van der Waals surface area (Å²) in [4.78, 5) is 3.31. The van der Waals surface area contributed by atoms with Crippen molar-refractivity contribution in [3.8, 4) is 0 Å². The first-order valence-corrected chi connectivity index (χ1v) is 20.6. The highest BCUT2D eigenvalue weighted by Gasteiger charge is 2.55. The van der Waals surface area contributed by atoms with Gasteiger partial charge in [-0.05, 0) is 27.8 Å². The van der Waals surface area contributed by atoms with Crippen LogP contribution in [0.5, 0.6) is 0 Å². The van der Waals surface area contributed by atoms with Crippen molar-refractivity contribution in [1.82, 2.24) is 0 Å². The van der Waals surface area contributed by atoms with Crippen molar-refractivity contribution >= 4 is 0 Å². The number of rotatable bonds is 18. The Balaban J connectivity index is 1.15. The van der Waals surface area contributed by atoms with Crippen LogP contribution in [0.2, 0.25) is 0 Å². The summed E-state index contributed by atoms with van der Waals surface area (Å²) in [5, 5.41) is 4.33. The summed E-state index contributed by atoms with van der Waals surface area (Å²) in [7, 11) is 1.56. The lowest BCUT2D eigenvalue weighted by Crippen LogP contribution is -2.66. The number of ether oxygens (including phenoxy) is 10. The smallest absolute Gasteiger partial charge is 0.186 e. The predicted octanol–water partition coefficient (Wildman–Crippen LogP) is 8.23. The van der Waals surface area contributed by atoms with Crippen molar-refractivity contribution in [3.63, 3.8) is 0 Å². The number of nitrogens with zero attached hydrogens (tertiary/aromatic N) is 3. The van der Waals surface area contributed by atoms with Crippen molar-refractivity contribution in [2.75, 3.05) is 20.3 Å². The molecule has 13 nitrogen and oxygen atoms in total. The van der Waals surface area contributed by atoms with Gasteiger partial charge in [-0.3, -0.25) is 0 Å². The second kappa shape index (κ2) is 21.7. The standard InChI is InChI=1S/C48H51N3O10/c1-52-48-45(56-30-36-23-13-5-14-24-36)44(42-39(59-48)32-57-46(60-42)37-25-15-6-16-26-37)61-47-40(50-51-49)43(55-29-35-21-11-4-12-22-35)41(54-28-34-19-9-3-10-20-34)38(58-47)31-53-27-33-17-7-2-8-18-33/h2-26,38-48H,27-32H2,1H3/t38-,39-,40-,41-,42-,43-,44+,45-,46?,47+,48+/m1/s1. The van der Waals surface area contributed by atoms with Gasteiger partial charge in [0.25, 0.3) is 0 Å². The van der Waals surface area contributed by atoms with Crippen LogP contribution in [0.1, 0.15) is 34.1 Å². The second-order valence-corrected chi connectivity index (χ2v) is 15.1. The molecular weight excluding hydrogens is 779 g/mol. The van der Waals surface area contributed by atoms with Gasteiger partial charge < -0.3 is 47.4 Å². The minimum absolute atomic E-state index is 0.108. The lowest BCUT2D eigenvalue weighted by molar-refractivity contribution is -0.390. The van der Waals surface area contributed by atoms with Crippen LogP contribution in [0.15, 0.2) is 157 Å². The van der Waals surface area contributed by atoms with Crippen molar-refractivity contribution in [1.29, 1.82) is 0 Å². The first-order chi connectivity index (χ1) is 30.2. The van der Waals surface area contributed by atoms with E-state index in [1.165, 1.54) is 0 Å². The van der Waals surface area contributed by atoms with E-state index >= 15 is 0 Å². The zero-order valence-electron chi connectivity index (χ0n) is 34.0. The lowest BCUT2D eigenvalue weighted by Gasteiger charge is -2.51. The third-order valence-corrected chi connectivity index (χ3v) is 10.9. The molecule has 0 N–H and O–H groups in total. The molecule has 0 radical (unpaired) electrons. The molecular formula is C48H51N3O10. The number of azide groups is 1. The van der Waals surface area contributed by atoms with Gasteiger partial charge in [0.1, 0.15) is 48.8 Å². The maximum absolute atomic E-state index is 10.2. The van der Waals surface area contributed by atoms with E-state index in [2.05, 4.69) is 10.0 Å². The molecule has 5 aromatic rings. The van der Waals surface area contributed by atoms with E-state index in [4.69, 9.17) is 47.4 Å². The molecule has 318 valence electrons. The topological polar surface area (TPSA) is 141 Å². The number of benzene rings is 5. The van der Waals surface area contributed by atoms with Gasteiger partial charge in [-0.1, -0.05) is 157 Å². The van der Waals surface area contributed by atoms with Crippen LogP contribution in [0.25, 0.3) is 10.4 Å². The average molecular weight is 830 g/mol. The number of methoxy groups -OCH3 is 1. The molecule has 0 aromatic heterocycles. The highest BCUT2D eigenvalue weighted by atomic mass is 16.8. The molecule has 0 aliphatic carbocycles. The molecule has 5 aromatic carbocycles. The van der Waals surface area contributed by atoms with Crippen LogP contribution in [-0.4, -0.2) is 81.7 Å². The Hall–Kier alpha value is -4.99. The Labute approximate surface area is 355 Å². The molecule has 3 saturated heterocycles. The van der Waals surface area contributed by atoms with Crippen LogP contribution in [0.4, 0.5) is 0 Å². The molecule has 61 heavy (non-hydrogen) atoms. The van der Waals surface area contributed by atoms with E-state index < -0.39 is 67.6 Å². The summed E-state index contributed by atoms with van der Waals surface area (Å²) in [6.45, 7) is 1.30. The molecule has 0 saturated carbocycles. The van der Waals surface area contributed by atoms with Crippen molar-refractivity contribution in [3.05, 3.63) is 190 Å². The average Bonchev–Trinajstić information content (AvgIpc) is 3.32. The second-order valence-electron chi connectivity index (χ2n) is 15.1. The first kappa shape index (κ1) is 42.7. The zero-order valence-corrected chi connectivity index (χ0v) is 34.0. The molecule has 0 amide bonds. The monoisotopic (exact) mass is 829 g/mol. The van der Waals surface area contributed by atoms with Crippen molar-refractivity contribution in [2.24, 2.45) is 5.11 Å². The Kier molecular flexibility index (Phi) is 15.2. The Morgan fingerprint density at radius 3 is 1.62 bits per heavy atom.